The van der Waals surface area contributed by atoms with Gasteiger partial charge in [0.1, 0.15) is 12.1 Å². The van der Waals surface area contributed by atoms with Crippen molar-refractivity contribution in [3.05, 3.63) is 0 Å². The van der Waals surface area contributed by atoms with Gasteiger partial charge >= 0.3 is 12.1 Å². The van der Waals surface area contributed by atoms with Crippen LogP contribution in [-0.2, 0) is 4.74 Å². The minimum absolute atomic E-state index is 0.145. The van der Waals surface area contributed by atoms with E-state index < -0.39 is 24.2 Å². The van der Waals surface area contributed by atoms with Crippen molar-refractivity contribution in [2.24, 2.45) is 5.73 Å². The number of halogens is 5. The molecule has 3 nitrogen and oxygen atoms in total. The molecule has 0 saturated heterocycles. The van der Waals surface area contributed by atoms with Crippen molar-refractivity contribution < 1.29 is 26.7 Å². The van der Waals surface area contributed by atoms with E-state index in [1.165, 1.54) is 0 Å². The molecule has 0 aliphatic carbocycles. The van der Waals surface area contributed by atoms with Crippen molar-refractivity contribution in [1.29, 1.82) is 5.26 Å². The van der Waals surface area contributed by atoms with Crippen LogP contribution in [0.1, 0.15) is 26.2 Å². The Balaban J connectivity index is 3.93. The number of ether oxygens (including phenoxy) is 1. The van der Waals surface area contributed by atoms with Crippen LogP contribution >= 0.6 is 0 Å². The molecule has 0 aromatic rings. The highest BCUT2D eigenvalue weighted by Crippen LogP contribution is 2.35. The maximum atomic E-state index is 12.4. The summed E-state index contributed by atoms with van der Waals surface area (Å²) in [7, 11) is 0. The van der Waals surface area contributed by atoms with Gasteiger partial charge in [-0.1, -0.05) is 6.92 Å². The van der Waals surface area contributed by atoms with Gasteiger partial charge in [0.2, 0.25) is 0 Å². The lowest BCUT2D eigenvalue weighted by atomic mass is 9.94. The van der Waals surface area contributed by atoms with Gasteiger partial charge in [-0.3, -0.25) is 0 Å². The molecule has 106 valence electrons. The first-order valence-corrected chi connectivity index (χ1v) is 5.30. The van der Waals surface area contributed by atoms with E-state index in [2.05, 4.69) is 4.74 Å². The van der Waals surface area contributed by atoms with Gasteiger partial charge in [-0.2, -0.15) is 27.2 Å². The highest BCUT2D eigenvalue weighted by atomic mass is 19.4. The second kappa shape index (κ2) is 6.29. The van der Waals surface area contributed by atoms with Crippen LogP contribution in [0.5, 0.6) is 0 Å². The lowest BCUT2D eigenvalue weighted by Gasteiger charge is -2.21. The van der Waals surface area contributed by atoms with Gasteiger partial charge < -0.3 is 10.5 Å². The predicted octanol–water partition coefficient (Wildman–Crippen LogP) is 2.61. The van der Waals surface area contributed by atoms with Crippen molar-refractivity contribution >= 4 is 0 Å². The first kappa shape index (κ1) is 17.1. The third-order valence-electron chi connectivity index (χ3n) is 2.46. The van der Waals surface area contributed by atoms with E-state index in [0.29, 0.717) is 6.42 Å². The number of hydrogen-bond donors (Lipinski definition) is 1. The minimum atomic E-state index is -5.61. The van der Waals surface area contributed by atoms with Crippen LogP contribution < -0.4 is 5.73 Å². The van der Waals surface area contributed by atoms with Gasteiger partial charge in [0.25, 0.3) is 0 Å². The van der Waals surface area contributed by atoms with Crippen molar-refractivity contribution in [1.82, 2.24) is 0 Å². The molecule has 0 aromatic carbocycles. The molecule has 2 N–H and O–H groups in total. The van der Waals surface area contributed by atoms with Crippen molar-refractivity contribution in [3.63, 3.8) is 0 Å². The summed E-state index contributed by atoms with van der Waals surface area (Å²) in [6.45, 7) is -0.332. The molecule has 0 aliphatic rings. The molecule has 0 spiro atoms. The zero-order chi connectivity index (χ0) is 14.4. The van der Waals surface area contributed by atoms with Crippen LogP contribution in [-0.4, -0.2) is 30.9 Å². The summed E-state index contributed by atoms with van der Waals surface area (Å²) < 4.78 is 64.3. The first-order valence-electron chi connectivity index (χ1n) is 5.30. The summed E-state index contributed by atoms with van der Waals surface area (Å²) in [4.78, 5) is 0. The summed E-state index contributed by atoms with van der Waals surface area (Å²) in [6.07, 6.45) is -4.92. The normalized spacial score (nSPS) is 16.1. The Bertz CT molecular complexity index is 300. The third-order valence-corrected chi connectivity index (χ3v) is 2.46. The fourth-order valence-electron chi connectivity index (χ4n) is 1.08. The van der Waals surface area contributed by atoms with Crippen molar-refractivity contribution in [3.8, 4) is 6.07 Å². The summed E-state index contributed by atoms with van der Waals surface area (Å²) >= 11 is 0. The smallest absolute Gasteiger partial charge is 0.375 e. The van der Waals surface area contributed by atoms with E-state index in [1.54, 1.807) is 6.92 Å². The highest BCUT2D eigenvalue weighted by Gasteiger charge is 2.57. The van der Waals surface area contributed by atoms with E-state index in [0.717, 1.165) is 0 Å². The zero-order valence-electron chi connectivity index (χ0n) is 9.86. The molecule has 0 heterocycles. The number of nitrogens with zero attached hydrogens (tertiary/aromatic N) is 1. The second-order valence-corrected chi connectivity index (χ2v) is 3.98. The van der Waals surface area contributed by atoms with Crippen LogP contribution in [0.3, 0.4) is 0 Å². The molecular weight excluding hydrogens is 259 g/mol. The predicted molar refractivity (Wildman–Crippen MR) is 53.9 cm³/mol. The van der Waals surface area contributed by atoms with Crippen LogP contribution in [0, 0.1) is 11.3 Å². The number of nitriles is 1. The number of alkyl halides is 5. The minimum Gasteiger partial charge on any atom is -0.375 e. The molecule has 0 fully saturated rings. The Morgan fingerprint density at radius 2 is 1.78 bits per heavy atom. The lowest BCUT2D eigenvalue weighted by Crippen LogP contribution is -2.41. The van der Waals surface area contributed by atoms with Crippen LogP contribution in [0.2, 0.25) is 0 Å². The summed E-state index contributed by atoms with van der Waals surface area (Å²) in [5.41, 5.74) is 4.50. The molecule has 0 aromatic heterocycles. The third kappa shape index (κ3) is 5.14. The van der Waals surface area contributed by atoms with E-state index in [9.17, 15) is 22.0 Å². The van der Waals surface area contributed by atoms with Crippen molar-refractivity contribution in [2.75, 3.05) is 13.2 Å². The molecule has 1 atom stereocenters. The van der Waals surface area contributed by atoms with Crippen LogP contribution in [0.25, 0.3) is 0 Å². The largest absolute Gasteiger partial charge is 0.455 e. The number of rotatable bonds is 7. The highest BCUT2D eigenvalue weighted by molar-refractivity contribution is 5.03. The van der Waals surface area contributed by atoms with Gasteiger partial charge in [0.15, 0.2) is 0 Å². The van der Waals surface area contributed by atoms with Gasteiger partial charge in [-0.25, -0.2) is 0 Å². The molecule has 0 aliphatic heterocycles. The summed E-state index contributed by atoms with van der Waals surface area (Å²) in [6, 6.07) is 1.85. The molecule has 0 amide bonds. The van der Waals surface area contributed by atoms with Gasteiger partial charge in [0, 0.05) is 6.61 Å². The topological polar surface area (TPSA) is 59.0 Å². The molecule has 1 unspecified atom stereocenters. The summed E-state index contributed by atoms with van der Waals surface area (Å²) in [5.74, 6) is -4.85. The standard InChI is InChI=1S/C10H15F5N2O/c1-2-8(17,6-16)4-3-5-18-7-9(11,12)10(13,14)15/h2-5,7,17H2,1H3. The zero-order valence-corrected chi connectivity index (χ0v) is 9.86. The average molecular weight is 274 g/mol. The first-order chi connectivity index (χ1) is 8.08. The van der Waals surface area contributed by atoms with Crippen molar-refractivity contribution in [2.45, 2.75) is 43.8 Å². The van der Waals surface area contributed by atoms with E-state index in [4.69, 9.17) is 11.0 Å². The van der Waals surface area contributed by atoms with Gasteiger partial charge in [0.05, 0.1) is 6.07 Å². The van der Waals surface area contributed by atoms with E-state index >= 15 is 0 Å². The van der Waals surface area contributed by atoms with Gasteiger partial charge in [-0.05, 0) is 19.3 Å². The summed E-state index contributed by atoms with van der Waals surface area (Å²) in [5, 5.41) is 8.69. The molecule has 0 rings (SSSR count). The maximum Gasteiger partial charge on any atom is 0.455 e. The molecule has 0 radical (unpaired) electrons. The average Bonchev–Trinajstić information content (AvgIpc) is 2.26. The van der Waals surface area contributed by atoms with E-state index in [-0.39, 0.29) is 19.4 Å². The fraction of sp³-hybridized carbons (Fsp3) is 0.900. The Morgan fingerprint density at radius 3 is 2.17 bits per heavy atom. The molecule has 0 bridgehead atoms. The van der Waals surface area contributed by atoms with E-state index in [1.807, 2.05) is 6.07 Å². The Hall–Kier alpha value is -0.940. The Morgan fingerprint density at radius 1 is 1.22 bits per heavy atom. The number of nitrogens with two attached hydrogens (primary N) is 1. The van der Waals surface area contributed by atoms with Crippen LogP contribution in [0.15, 0.2) is 0 Å². The molecular formula is C10H15F5N2O. The lowest BCUT2D eigenvalue weighted by molar-refractivity contribution is -0.296. The van der Waals surface area contributed by atoms with Gasteiger partial charge in [-0.15, -0.1) is 0 Å². The molecule has 8 heteroatoms. The molecule has 18 heavy (non-hydrogen) atoms. The molecule has 0 saturated carbocycles. The monoisotopic (exact) mass is 274 g/mol. The fourth-order valence-corrected chi connectivity index (χ4v) is 1.08. The maximum absolute atomic E-state index is 12.4. The quantitative estimate of drug-likeness (QED) is 0.573. The Labute approximate surface area is 102 Å². The second-order valence-electron chi connectivity index (χ2n) is 3.98. The number of hydrogen-bond acceptors (Lipinski definition) is 3. The van der Waals surface area contributed by atoms with Crippen LogP contribution in [0.4, 0.5) is 22.0 Å². The Kier molecular flexibility index (Phi) is 5.96. The SMILES string of the molecule is CCC(N)(C#N)CCCOCC(F)(F)C(F)(F)F.